The predicted octanol–water partition coefficient (Wildman–Crippen LogP) is 2.58. The van der Waals surface area contributed by atoms with Crippen LogP contribution < -0.4 is 10.5 Å². The molecule has 0 aliphatic carbocycles. The molecule has 0 radical (unpaired) electrons. The maximum Gasteiger partial charge on any atom is 0.185 e. The summed E-state index contributed by atoms with van der Waals surface area (Å²) in [5, 5.41) is 4.61. The van der Waals surface area contributed by atoms with Crippen molar-refractivity contribution in [1.29, 1.82) is 0 Å². The van der Waals surface area contributed by atoms with E-state index in [1.54, 1.807) is 0 Å². The lowest BCUT2D eigenvalue weighted by atomic mass is 10.2. The third-order valence-corrected chi connectivity index (χ3v) is 3.27. The molecule has 112 valence electrons. The van der Waals surface area contributed by atoms with Crippen molar-refractivity contribution >= 4 is 0 Å². The number of hydrogen-bond donors (Lipinski definition) is 1. The molecule has 0 aliphatic heterocycles. The van der Waals surface area contributed by atoms with E-state index in [4.69, 9.17) is 10.5 Å². The minimum atomic E-state index is 0.468. The fraction of sp³-hybridized carbons (Fsp3) is 0.176. The maximum atomic E-state index is 5.68. The molecule has 1 heterocycles. The molecule has 0 saturated heterocycles. The summed E-state index contributed by atoms with van der Waals surface area (Å²) < 4.78 is 7.51. The Morgan fingerprint density at radius 2 is 1.77 bits per heavy atom. The van der Waals surface area contributed by atoms with Crippen molar-refractivity contribution in [2.24, 2.45) is 5.73 Å². The van der Waals surface area contributed by atoms with Gasteiger partial charge in [0.15, 0.2) is 5.82 Å². The second-order valence-corrected chi connectivity index (χ2v) is 4.86. The van der Waals surface area contributed by atoms with Gasteiger partial charge in [-0.2, -0.15) is 0 Å². The Morgan fingerprint density at radius 1 is 1.05 bits per heavy atom. The van der Waals surface area contributed by atoms with Gasteiger partial charge in [0.05, 0.1) is 11.3 Å². The molecule has 0 amide bonds. The van der Waals surface area contributed by atoms with Crippen LogP contribution in [0.4, 0.5) is 0 Å². The number of benzene rings is 2. The Labute approximate surface area is 129 Å². The van der Waals surface area contributed by atoms with Crippen molar-refractivity contribution in [2.45, 2.75) is 6.92 Å². The van der Waals surface area contributed by atoms with Crippen LogP contribution in [0.5, 0.6) is 5.75 Å². The molecule has 1 aromatic heterocycles. The van der Waals surface area contributed by atoms with Gasteiger partial charge in [-0.25, -0.2) is 9.67 Å². The molecule has 22 heavy (non-hydrogen) atoms. The molecule has 0 spiro atoms. The Kier molecular flexibility index (Phi) is 4.16. The van der Waals surface area contributed by atoms with E-state index < -0.39 is 0 Å². The van der Waals surface area contributed by atoms with Crippen LogP contribution in [-0.4, -0.2) is 27.9 Å². The van der Waals surface area contributed by atoms with Gasteiger partial charge >= 0.3 is 0 Å². The fourth-order valence-electron chi connectivity index (χ4n) is 2.26. The number of ether oxygens (including phenoxy) is 1. The number of hydrogen-bond acceptors (Lipinski definition) is 4. The largest absolute Gasteiger partial charge is 0.492 e. The van der Waals surface area contributed by atoms with Crippen molar-refractivity contribution < 1.29 is 4.74 Å². The van der Waals surface area contributed by atoms with Gasteiger partial charge in [-0.15, -0.1) is 5.10 Å². The quantitative estimate of drug-likeness (QED) is 0.785. The summed E-state index contributed by atoms with van der Waals surface area (Å²) in [4.78, 5) is 4.57. The highest BCUT2D eigenvalue weighted by Crippen LogP contribution is 2.28. The summed E-state index contributed by atoms with van der Waals surface area (Å²) in [5.41, 5.74) is 7.36. The first-order chi connectivity index (χ1) is 10.8. The topological polar surface area (TPSA) is 66.0 Å². The second-order valence-electron chi connectivity index (χ2n) is 4.86. The third kappa shape index (κ3) is 2.84. The molecule has 5 nitrogen and oxygen atoms in total. The molecule has 0 unspecified atom stereocenters. The highest BCUT2D eigenvalue weighted by molar-refractivity contribution is 5.64. The van der Waals surface area contributed by atoms with E-state index in [9.17, 15) is 0 Å². The van der Waals surface area contributed by atoms with Crippen LogP contribution in [0, 0.1) is 6.92 Å². The normalized spacial score (nSPS) is 10.6. The number of rotatable bonds is 5. The lowest BCUT2D eigenvalue weighted by Gasteiger charge is -2.08. The van der Waals surface area contributed by atoms with E-state index in [0.29, 0.717) is 19.0 Å². The standard InChI is InChI=1S/C17H18N4O/c1-13-19-17(20-21(13)14-7-3-2-4-8-14)15-9-5-6-10-16(15)22-12-11-18/h2-10H,11-12,18H2,1H3. The van der Waals surface area contributed by atoms with Gasteiger partial charge < -0.3 is 10.5 Å². The smallest absolute Gasteiger partial charge is 0.185 e. The predicted molar refractivity (Wildman–Crippen MR) is 86.1 cm³/mol. The SMILES string of the molecule is Cc1nc(-c2ccccc2OCCN)nn1-c1ccccc1. The van der Waals surface area contributed by atoms with Crippen LogP contribution in [0.2, 0.25) is 0 Å². The Balaban J connectivity index is 2.00. The van der Waals surface area contributed by atoms with Gasteiger partial charge in [0, 0.05) is 6.54 Å². The summed E-state index contributed by atoms with van der Waals surface area (Å²) in [7, 11) is 0. The highest BCUT2D eigenvalue weighted by Gasteiger charge is 2.13. The molecule has 2 aromatic carbocycles. The summed E-state index contributed by atoms with van der Waals surface area (Å²) in [5.74, 6) is 2.22. The van der Waals surface area contributed by atoms with Crippen LogP contribution in [0.3, 0.4) is 0 Å². The Morgan fingerprint density at radius 3 is 2.55 bits per heavy atom. The van der Waals surface area contributed by atoms with Gasteiger partial charge in [-0.1, -0.05) is 30.3 Å². The van der Waals surface area contributed by atoms with Crippen molar-refractivity contribution in [3.05, 3.63) is 60.4 Å². The highest BCUT2D eigenvalue weighted by atomic mass is 16.5. The van der Waals surface area contributed by atoms with E-state index in [1.807, 2.05) is 66.2 Å². The summed E-state index contributed by atoms with van der Waals surface area (Å²) in [6.45, 7) is 2.88. The fourth-order valence-corrected chi connectivity index (χ4v) is 2.26. The molecular weight excluding hydrogens is 276 g/mol. The molecule has 0 fully saturated rings. The Bertz CT molecular complexity index is 752. The number of nitrogens with zero attached hydrogens (tertiary/aromatic N) is 3. The molecule has 0 aliphatic rings. The lowest BCUT2D eigenvalue weighted by Crippen LogP contribution is -2.11. The van der Waals surface area contributed by atoms with Crippen LogP contribution in [0.15, 0.2) is 54.6 Å². The van der Waals surface area contributed by atoms with E-state index in [0.717, 1.165) is 22.8 Å². The summed E-state index contributed by atoms with van der Waals surface area (Å²) in [6.07, 6.45) is 0. The molecule has 2 N–H and O–H groups in total. The molecule has 3 rings (SSSR count). The van der Waals surface area contributed by atoms with Gasteiger partial charge in [0.1, 0.15) is 18.2 Å². The van der Waals surface area contributed by atoms with Gasteiger partial charge in [0.2, 0.25) is 0 Å². The van der Waals surface area contributed by atoms with E-state index in [2.05, 4.69) is 10.1 Å². The number of aryl methyl sites for hydroxylation is 1. The summed E-state index contributed by atoms with van der Waals surface area (Å²) in [6, 6.07) is 17.7. The van der Waals surface area contributed by atoms with Crippen molar-refractivity contribution in [2.75, 3.05) is 13.2 Å². The zero-order valence-corrected chi connectivity index (χ0v) is 12.4. The van der Waals surface area contributed by atoms with Gasteiger partial charge in [-0.05, 0) is 31.2 Å². The monoisotopic (exact) mass is 294 g/mol. The zero-order chi connectivity index (χ0) is 15.4. The minimum absolute atomic E-state index is 0.468. The molecule has 0 saturated carbocycles. The number of nitrogens with two attached hydrogens (primary N) is 1. The van der Waals surface area contributed by atoms with Gasteiger partial charge in [-0.3, -0.25) is 0 Å². The second kappa shape index (κ2) is 6.41. The Hall–Kier alpha value is -2.66. The minimum Gasteiger partial charge on any atom is -0.492 e. The average molecular weight is 294 g/mol. The first kappa shape index (κ1) is 14.3. The van der Waals surface area contributed by atoms with E-state index in [1.165, 1.54) is 0 Å². The van der Waals surface area contributed by atoms with Crippen LogP contribution >= 0.6 is 0 Å². The van der Waals surface area contributed by atoms with Crippen molar-refractivity contribution in [3.63, 3.8) is 0 Å². The first-order valence-electron chi connectivity index (χ1n) is 7.21. The molecule has 5 heteroatoms. The van der Waals surface area contributed by atoms with Crippen molar-refractivity contribution in [1.82, 2.24) is 14.8 Å². The average Bonchev–Trinajstić information content (AvgIpc) is 2.96. The van der Waals surface area contributed by atoms with Gasteiger partial charge in [0.25, 0.3) is 0 Å². The lowest BCUT2D eigenvalue weighted by molar-refractivity contribution is 0.329. The number of para-hydroxylation sites is 2. The maximum absolute atomic E-state index is 5.68. The van der Waals surface area contributed by atoms with Crippen molar-refractivity contribution in [3.8, 4) is 22.8 Å². The molecule has 0 atom stereocenters. The molecular formula is C17H18N4O. The molecule has 3 aromatic rings. The molecule has 0 bridgehead atoms. The zero-order valence-electron chi connectivity index (χ0n) is 12.4. The third-order valence-electron chi connectivity index (χ3n) is 3.27. The summed E-state index contributed by atoms with van der Waals surface area (Å²) >= 11 is 0. The van der Waals surface area contributed by atoms with Crippen LogP contribution in [0.25, 0.3) is 17.1 Å². The van der Waals surface area contributed by atoms with E-state index in [-0.39, 0.29) is 0 Å². The van der Waals surface area contributed by atoms with Crippen LogP contribution in [-0.2, 0) is 0 Å². The van der Waals surface area contributed by atoms with Crippen LogP contribution in [0.1, 0.15) is 5.82 Å². The number of aromatic nitrogens is 3. The first-order valence-corrected chi connectivity index (χ1v) is 7.21. The van der Waals surface area contributed by atoms with E-state index >= 15 is 0 Å².